The van der Waals surface area contributed by atoms with Crippen molar-refractivity contribution in [2.45, 2.75) is 38.9 Å². The minimum Gasteiger partial charge on any atom is -0.348 e. The van der Waals surface area contributed by atoms with Gasteiger partial charge in [0.25, 0.3) is 0 Å². The Kier molecular flexibility index (Phi) is 4.37. The van der Waals surface area contributed by atoms with Gasteiger partial charge in [-0.3, -0.25) is 0 Å². The number of hydrogen-bond acceptors (Lipinski definition) is 2. The SMILES string of the molecule is CC1CCC(C2COC(c3cccc(F)c3)OC2)CC1. The van der Waals surface area contributed by atoms with Gasteiger partial charge in [-0.05, 0) is 36.8 Å². The molecule has 1 heterocycles. The molecule has 2 aliphatic rings. The maximum absolute atomic E-state index is 13.2. The van der Waals surface area contributed by atoms with Crippen molar-refractivity contribution in [3.8, 4) is 0 Å². The van der Waals surface area contributed by atoms with Crippen LogP contribution in [0.4, 0.5) is 4.39 Å². The first-order valence-corrected chi connectivity index (χ1v) is 7.71. The van der Waals surface area contributed by atoms with Crippen LogP contribution in [0.5, 0.6) is 0 Å². The molecule has 2 fully saturated rings. The molecule has 1 aliphatic carbocycles. The molecule has 0 aromatic heterocycles. The molecular weight excluding hydrogens is 255 g/mol. The van der Waals surface area contributed by atoms with Crippen molar-refractivity contribution in [1.82, 2.24) is 0 Å². The van der Waals surface area contributed by atoms with E-state index in [0.717, 1.165) is 30.6 Å². The van der Waals surface area contributed by atoms with Gasteiger partial charge in [0.05, 0.1) is 13.2 Å². The second kappa shape index (κ2) is 6.23. The number of hydrogen-bond donors (Lipinski definition) is 0. The van der Waals surface area contributed by atoms with E-state index >= 15 is 0 Å². The van der Waals surface area contributed by atoms with Gasteiger partial charge in [0, 0.05) is 11.5 Å². The van der Waals surface area contributed by atoms with Crippen LogP contribution in [0.3, 0.4) is 0 Å². The monoisotopic (exact) mass is 278 g/mol. The predicted molar refractivity (Wildman–Crippen MR) is 75.7 cm³/mol. The van der Waals surface area contributed by atoms with Gasteiger partial charge in [0.15, 0.2) is 6.29 Å². The van der Waals surface area contributed by atoms with E-state index in [1.165, 1.54) is 37.8 Å². The third-order valence-corrected chi connectivity index (χ3v) is 4.77. The summed E-state index contributed by atoms with van der Waals surface area (Å²) in [6.45, 7) is 3.81. The van der Waals surface area contributed by atoms with Gasteiger partial charge in [-0.15, -0.1) is 0 Å². The lowest BCUT2D eigenvalue weighted by molar-refractivity contribution is -0.214. The minimum atomic E-state index is -0.399. The van der Waals surface area contributed by atoms with Gasteiger partial charge < -0.3 is 9.47 Å². The van der Waals surface area contributed by atoms with Crippen molar-refractivity contribution >= 4 is 0 Å². The van der Waals surface area contributed by atoms with E-state index < -0.39 is 6.29 Å². The third kappa shape index (κ3) is 3.21. The summed E-state index contributed by atoms with van der Waals surface area (Å²) < 4.78 is 24.9. The van der Waals surface area contributed by atoms with Crippen LogP contribution in [-0.4, -0.2) is 13.2 Å². The average Bonchev–Trinajstić information content (AvgIpc) is 2.48. The first kappa shape index (κ1) is 14.0. The van der Waals surface area contributed by atoms with Gasteiger partial charge in [-0.2, -0.15) is 0 Å². The zero-order chi connectivity index (χ0) is 13.9. The smallest absolute Gasteiger partial charge is 0.183 e. The molecule has 0 radical (unpaired) electrons. The summed E-state index contributed by atoms with van der Waals surface area (Å²) >= 11 is 0. The van der Waals surface area contributed by atoms with Crippen molar-refractivity contribution in [2.75, 3.05) is 13.2 Å². The fraction of sp³-hybridized carbons (Fsp3) is 0.647. The first-order valence-electron chi connectivity index (χ1n) is 7.71. The van der Waals surface area contributed by atoms with E-state index in [9.17, 15) is 4.39 Å². The van der Waals surface area contributed by atoms with E-state index in [1.54, 1.807) is 6.07 Å². The first-order chi connectivity index (χ1) is 9.72. The van der Waals surface area contributed by atoms with Crippen molar-refractivity contribution in [1.29, 1.82) is 0 Å². The molecule has 0 amide bonds. The Balaban J connectivity index is 1.54. The van der Waals surface area contributed by atoms with Crippen molar-refractivity contribution in [3.63, 3.8) is 0 Å². The maximum atomic E-state index is 13.2. The lowest BCUT2D eigenvalue weighted by Crippen LogP contribution is -2.34. The van der Waals surface area contributed by atoms with Crippen LogP contribution in [0.1, 0.15) is 44.5 Å². The summed E-state index contributed by atoms with van der Waals surface area (Å²) in [5.41, 5.74) is 0.778. The highest BCUT2D eigenvalue weighted by atomic mass is 19.1. The standard InChI is InChI=1S/C17H23FO2/c1-12-5-7-13(8-6-12)15-10-19-17(20-11-15)14-3-2-4-16(18)9-14/h2-4,9,12-13,15,17H,5-8,10-11H2,1H3. The predicted octanol–water partition coefficient (Wildman–Crippen LogP) is 4.31. The zero-order valence-electron chi connectivity index (χ0n) is 12.1. The van der Waals surface area contributed by atoms with Gasteiger partial charge in [0.2, 0.25) is 0 Å². The lowest BCUT2D eigenvalue weighted by atomic mass is 9.76. The molecule has 110 valence electrons. The van der Waals surface area contributed by atoms with Gasteiger partial charge in [-0.1, -0.05) is 31.9 Å². The molecule has 0 unspecified atom stereocenters. The molecule has 1 aromatic carbocycles. The molecule has 0 spiro atoms. The van der Waals surface area contributed by atoms with Crippen LogP contribution in [-0.2, 0) is 9.47 Å². The third-order valence-electron chi connectivity index (χ3n) is 4.77. The molecular formula is C17H23FO2. The molecule has 1 aromatic rings. The lowest BCUT2D eigenvalue weighted by Gasteiger charge is -2.37. The van der Waals surface area contributed by atoms with Crippen LogP contribution >= 0.6 is 0 Å². The van der Waals surface area contributed by atoms with Crippen molar-refractivity contribution < 1.29 is 13.9 Å². The summed E-state index contributed by atoms with van der Waals surface area (Å²) in [5.74, 6) is 1.88. The molecule has 3 rings (SSSR count). The Bertz CT molecular complexity index is 432. The van der Waals surface area contributed by atoms with E-state index in [2.05, 4.69) is 6.92 Å². The second-order valence-corrected chi connectivity index (χ2v) is 6.33. The fourth-order valence-corrected chi connectivity index (χ4v) is 3.39. The van der Waals surface area contributed by atoms with E-state index in [1.807, 2.05) is 6.07 Å². The average molecular weight is 278 g/mol. The number of benzene rings is 1. The Morgan fingerprint density at radius 3 is 2.35 bits per heavy atom. The normalized spacial score (nSPS) is 34.9. The summed E-state index contributed by atoms with van der Waals surface area (Å²) in [6.07, 6.45) is 4.85. The molecule has 0 bridgehead atoms. The van der Waals surface area contributed by atoms with Gasteiger partial charge in [-0.25, -0.2) is 4.39 Å². The summed E-state index contributed by atoms with van der Waals surface area (Å²) in [5, 5.41) is 0. The molecule has 1 aliphatic heterocycles. The van der Waals surface area contributed by atoms with Crippen LogP contribution in [0.15, 0.2) is 24.3 Å². The van der Waals surface area contributed by atoms with E-state index in [4.69, 9.17) is 9.47 Å². The number of rotatable bonds is 2. The Hall–Kier alpha value is -0.930. The highest BCUT2D eigenvalue weighted by Crippen LogP contribution is 2.37. The Morgan fingerprint density at radius 1 is 1.00 bits per heavy atom. The summed E-state index contributed by atoms with van der Waals surface area (Å²) in [4.78, 5) is 0. The molecule has 0 N–H and O–H groups in total. The summed E-state index contributed by atoms with van der Waals surface area (Å²) in [7, 11) is 0. The Morgan fingerprint density at radius 2 is 1.70 bits per heavy atom. The molecule has 2 nitrogen and oxygen atoms in total. The van der Waals surface area contributed by atoms with Crippen LogP contribution in [0.2, 0.25) is 0 Å². The number of halogens is 1. The summed E-state index contributed by atoms with van der Waals surface area (Å²) in [6, 6.07) is 6.49. The van der Waals surface area contributed by atoms with Crippen molar-refractivity contribution in [2.24, 2.45) is 17.8 Å². The highest BCUT2D eigenvalue weighted by molar-refractivity contribution is 5.17. The molecule has 20 heavy (non-hydrogen) atoms. The quantitative estimate of drug-likeness (QED) is 0.802. The molecule has 3 heteroatoms. The van der Waals surface area contributed by atoms with Crippen molar-refractivity contribution in [3.05, 3.63) is 35.6 Å². The second-order valence-electron chi connectivity index (χ2n) is 6.33. The van der Waals surface area contributed by atoms with Crippen LogP contribution in [0.25, 0.3) is 0 Å². The number of ether oxygens (including phenoxy) is 2. The Labute approximate surface area is 120 Å². The molecule has 1 saturated heterocycles. The van der Waals surface area contributed by atoms with Gasteiger partial charge >= 0.3 is 0 Å². The molecule has 0 atom stereocenters. The van der Waals surface area contributed by atoms with E-state index in [-0.39, 0.29) is 5.82 Å². The topological polar surface area (TPSA) is 18.5 Å². The minimum absolute atomic E-state index is 0.238. The molecule has 1 saturated carbocycles. The van der Waals surface area contributed by atoms with Gasteiger partial charge in [0.1, 0.15) is 5.82 Å². The highest BCUT2D eigenvalue weighted by Gasteiger charge is 2.31. The van der Waals surface area contributed by atoms with E-state index in [0.29, 0.717) is 5.92 Å². The maximum Gasteiger partial charge on any atom is 0.183 e. The fourth-order valence-electron chi connectivity index (χ4n) is 3.39. The largest absolute Gasteiger partial charge is 0.348 e. The zero-order valence-corrected chi connectivity index (χ0v) is 12.1. The van der Waals surface area contributed by atoms with Crippen LogP contribution in [0, 0.1) is 23.6 Å². The van der Waals surface area contributed by atoms with Crippen LogP contribution < -0.4 is 0 Å².